The second kappa shape index (κ2) is 11.7. The van der Waals surface area contributed by atoms with Crippen LogP contribution in [0, 0.1) is 56.2 Å². The summed E-state index contributed by atoms with van der Waals surface area (Å²) >= 11 is 0. The van der Waals surface area contributed by atoms with Gasteiger partial charge in [-0.2, -0.15) is 5.26 Å². The van der Waals surface area contributed by atoms with Gasteiger partial charge in [-0.3, -0.25) is 14.4 Å². The number of ketones is 2. The first-order valence-electron chi connectivity index (χ1n) is 16.7. The first-order valence-corrected chi connectivity index (χ1v) is 16.7. The van der Waals surface area contributed by atoms with Gasteiger partial charge >= 0.3 is 5.97 Å². The molecule has 0 radical (unpaired) electrons. The fourth-order valence-electron chi connectivity index (χ4n) is 9.66. The molecule has 5 heteroatoms. The van der Waals surface area contributed by atoms with Gasteiger partial charge in [-0.25, -0.2) is 0 Å². The fraction of sp³-hybridized carbons (Fsp3) is 0.784. The Morgan fingerprint density at radius 3 is 2.38 bits per heavy atom. The number of fused-ring (bicyclic) bond motifs is 3. The van der Waals surface area contributed by atoms with E-state index in [1.54, 1.807) is 0 Å². The quantitative estimate of drug-likeness (QED) is 0.202. The normalized spacial score (nSPS) is 39.4. The molecule has 0 spiro atoms. The van der Waals surface area contributed by atoms with Crippen LogP contribution in [0.5, 0.6) is 0 Å². The Labute approximate surface area is 254 Å². The van der Waals surface area contributed by atoms with Crippen molar-refractivity contribution >= 4 is 17.5 Å². The van der Waals surface area contributed by atoms with Gasteiger partial charge in [0.15, 0.2) is 11.6 Å². The molecule has 4 rings (SSSR count). The molecule has 1 unspecified atom stereocenters. The molecular formula is C37H55NO4. The Hall–Kier alpha value is -2.22. The van der Waals surface area contributed by atoms with Crippen molar-refractivity contribution in [3.63, 3.8) is 0 Å². The highest BCUT2D eigenvalue weighted by Gasteiger charge is 2.61. The van der Waals surface area contributed by atoms with Crippen molar-refractivity contribution in [3.05, 3.63) is 23.3 Å². The minimum Gasteiger partial charge on any atom is -0.465 e. The minimum atomic E-state index is -0.537. The number of rotatable bonds is 9. The average Bonchev–Trinajstić information content (AvgIpc) is 2.91. The van der Waals surface area contributed by atoms with Gasteiger partial charge in [-0.15, -0.1) is 0 Å². The van der Waals surface area contributed by atoms with Crippen molar-refractivity contribution in [3.8, 4) is 6.07 Å². The Morgan fingerprint density at radius 2 is 1.74 bits per heavy atom. The van der Waals surface area contributed by atoms with Crippen LogP contribution in [-0.4, -0.2) is 24.1 Å². The number of carbonyl (C=O) groups is 3. The zero-order valence-electron chi connectivity index (χ0n) is 27.7. The van der Waals surface area contributed by atoms with Gasteiger partial charge in [0.25, 0.3) is 0 Å². The smallest absolute Gasteiger partial charge is 0.312 e. The molecule has 0 aliphatic heterocycles. The third kappa shape index (κ3) is 5.46. The highest BCUT2D eigenvalue weighted by atomic mass is 16.5. The molecule has 7 atom stereocenters. The Morgan fingerprint density at radius 1 is 1.02 bits per heavy atom. The molecule has 0 heterocycles. The minimum absolute atomic E-state index is 0.0365. The van der Waals surface area contributed by atoms with Crippen LogP contribution < -0.4 is 0 Å². The number of esters is 1. The SMILES string of the molecule is CCCCCCOC(=O)[C@]1(CC[C@]2(C)CC(=O)C=C3[C@@]4(C)C=C(C#N)C(=O)[C@@H](C)[C@@H]4CC[C@]32C)CCC(C)(C)CC1C. The zero-order valence-corrected chi connectivity index (χ0v) is 27.7. The predicted molar refractivity (Wildman–Crippen MR) is 166 cm³/mol. The summed E-state index contributed by atoms with van der Waals surface area (Å²) in [6, 6.07) is 2.16. The molecule has 0 aromatic rings. The highest BCUT2D eigenvalue weighted by Crippen LogP contribution is 2.68. The van der Waals surface area contributed by atoms with E-state index in [-0.39, 0.29) is 57.1 Å². The summed E-state index contributed by atoms with van der Waals surface area (Å²) in [4.78, 5) is 40.4. The van der Waals surface area contributed by atoms with E-state index in [1.807, 2.05) is 19.1 Å². The lowest BCUT2D eigenvalue weighted by Gasteiger charge is -2.61. The maximum absolute atomic E-state index is 14.0. The summed E-state index contributed by atoms with van der Waals surface area (Å²) in [6.45, 7) is 18.2. The van der Waals surface area contributed by atoms with E-state index < -0.39 is 10.8 Å². The van der Waals surface area contributed by atoms with Crippen molar-refractivity contribution in [1.82, 2.24) is 0 Å². The lowest BCUT2D eigenvalue weighted by Crippen LogP contribution is -2.56. The number of unbranched alkanes of at least 4 members (excludes halogenated alkanes) is 3. The van der Waals surface area contributed by atoms with Crippen LogP contribution in [0.1, 0.15) is 132 Å². The maximum atomic E-state index is 14.0. The van der Waals surface area contributed by atoms with E-state index in [9.17, 15) is 19.6 Å². The van der Waals surface area contributed by atoms with Crippen LogP contribution in [0.15, 0.2) is 23.3 Å². The van der Waals surface area contributed by atoms with Crippen LogP contribution in [0.4, 0.5) is 0 Å². The summed E-state index contributed by atoms with van der Waals surface area (Å²) < 4.78 is 6.04. The fourth-order valence-corrected chi connectivity index (χ4v) is 9.66. The molecule has 4 aliphatic carbocycles. The van der Waals surface area contributed by atoms with E-state index in [0.29, 0.717) is 13.0 Å². The van der Waals surface area contributed by atoms with Crippen molar-refractivity contribution in [2.45, 2.75) is 132 Å². The highest BCUT2D eigenvalue weighted by molar-refractivity contribution is 6.02. The summed E-state index contributed by atoms with van der Waals surface area (Å²) in [6.07, 6.45) is 14.6. The van der Waals surface area contributed by atoms with Crippen LogP contribution in [0.2, 0.25) is 0 Å². The third-order valence-electron chi connectivity index (χ3n) is 12.8. The van der Waals surface area contributed by atoms with E-state index >= 15 is 0 Å². The average molecular weight is 578 g/mol. The first kappa shape index (κ1) is 32.7. The van der Waals surface area contributed by atoms with Gasteiger partial charge in [0.1, 0.15) is 6.07 Å². The van der Waals surface area contributed by atoms with Crippen LogP contribution in [0.25, 0.3) is 0 Å². The second-order valence-corrected chi connectivity index (χ2v) is 16.0. The number of nitriles is 1. The number of hydrogen-bond donors (Lipinski definition) is 0. The monoisotopic (exact) mass is 577 g/mol. The number of hydrogen-bond acceptors (Lipinski definition) is 5. The third-order valence-corrected chi connectivity index (χ3v) is 12.8. The molecule has 5 nitrogen and oxygen atoms in total. The molecule has 232 valence electrons. The molecule has 0 bridgehead atoms. The largest absolute Gasteiger partial charge is 0.465 e. The van der Waals surface area contributed by atoms with Crippen LogP contribution in [-0.2, 0) is 19.1 Å². The van der Waals surface area contributed by atoms with Crippen LogP contribution in [0.3, 0.4) is 0 Å². The maximum Gasteiger partial charge on any atom is 0.312 e. The zero-order chi connectivity index (χ0) is 31.1. The number of Topliss-reactive ketones (excluding diaryl/α,β-unsaturated/α-hetero) is 1. The summed E-state index contributed by atoms with van der Waals surface area (Å²) in [5, 5.41) is 9.80. The molecule has 42 heavy (non-hydrogen) atoms. The van der Waals surface area contributed by atoms with E-state index in [2.05, 4.69) is 54.5 Å². The Balaban J connectivity index is 1.65. The van der Waals surface area contributed by atoms with E-state index in [0.717, 1.165) is 76.2 Å². The standard InChI is InChI=1S/C37H55NO4/c1-9-10-11-12-19-42-32(41)37(17-15-33(4,5)21-25(37)2)18-16-34(6)23-28(39)20-30-35(7)22-27(24-38)31(40)26(3)29(35)13-14-36(30,34)8/h20,22,25-26,29H,9-19,21,23H2,1-8H3/t25?,26-,29-,34+,35-,36+,37-/m0/s1. The molecule has 0 saturated heterocycles. The molecule has 0 N–H and O–H groups in total. The van der Waals surface area contributed by atoms with Crippen molar-refractivity contribution in [2.24, 2.45) is 44.8 Å². The van der Waals surface area contributed by atoms with Gasteiger partial charge in [-0.05, 0) is 85.5 Å². The number of nitrogens with zero attached hydrogens (tertiary/aromatic N) is 1. The van der Waals surface area contributed by atoms with Gasteiger partial charge in [-0.1, -0.05) is 86.3 Å². The predicted octanol–water partition coefficient (Wildman–Crippen LogP) is 8.72. The van der Waals surface area contributed by atoms with Crippen molar-refractivity contribution < 1.29 is 19.1 Å². The topological polar surface area (TPSA) is 84.2 Å². The molecular weight excluding hydrogens is 522 g/mol. The van der Waals surface area contributed by atoms with Gasteiger partial charge < -0.3 is 4.74 Å². The van der Waals surface area contributed by atoms with Gasteiger partial charge in [0, 0.05) is 17.8 Å². The van der Waals surface area contributed by atoms with Crippen molar-refractivity contribution in [1.29, 1.82) is 5.26 Å². The Kier molecular flexibility index (Phi) is 9.11. The molecule has 4 aliphatic rings. The van der Waals surface area contributed by atoms with E-state index in [1.165, 1.54) is 0 Å². The summed E-state index contributed by atoms with van der Waals surface area (Å²) in [5.74, 6) is 0.0451. The lowest BCUT2D eigenvalue weighted by molar-refractivity contribution is -0.166. The summed E-state index contributed by atoms with van der Waals surface area (Å²) in [5.41, 5.74) is -0.151. The number of ether oxygens (including phenoxy) is 1. The van der Waals surface area contributed by atoms with Crippen molar-refractivity contribution in [2.75, 3.05) is 6.61 Å². The van der Waals surface area contributed by atoms with Gasteiger partial charge in [0.05, 0.1) is 17.6 Å². The van der Waals surface area contributed by atoms with E-state index in [4.69, 9.17) is 4.74 Å². The molecule has 0 aromatic heterocycles. The molecule has 2 fully saturated rings. The second-order valence-electron chi connectivity index (χ2n) is 16.0. The molecule has 0 aromatic carbocycles. The molecule has 2 saturated carbocycles. The molecule has 0 amide bonds. The Bertz CT molecular complexity index is 1200. The number of allylic oxidation sites excluding steroid dienone is 4. The van der Waals surface area contributed by atoms with Gasteiger partial charge in [0.2, 0.25) is 0 Å². The number of carbonyl (C=O) groups excluding carboxylic acids is 3. The lowest BCUT2D eigenvalue weighted by atomic mass is 9.41. The van der Waals surface area contributed by atoms with Crippen LogP contribution >= 0.6 is 0 Å². The first-order chi connectivity index (χ1) is 19.6. The summed E-state index contributed by atoms with van der Waals surface area (Å²) in [7, 11) is 0.